The fourth-order valence-corrected chi connectivity index (χ4v) is 5.76. The van der Waals surface area contributed by atoms with Crippen molar-refractivity contribution in [1.82, 2.24) is 14.8 Å². The second kappa shape index (κ2) is 9.01. The molecular formula is C22H21ClN4O3S2. The van der Waals surface area contributed by atoms with Crippen molar-refractivity contribution in [1.29, 1.82) is 0 Å². The molecule has 0 radical (unpaired) electrons. The zero-order valence-corrected chi connectivity index (χ0v) is 19.9. The summed E-state index contributed by atoms with van der Waals surface area (Å²) >= 11 is 7.64. The molecular weight excluding hydrogens is 468 g/mol. The molecule has 0 atom stereocenters. The number of benzene rings is 2. The highest BCUT2D eigenvalue weighted by Crippen LogP contribution is 2.31. The number of aryl methyl sites for hydroxylation is 2. The average Bonchev–Trinajstić information content (AvgIpc) is 3.32. The third-order valence-electron chi connectivity index (χ3n) is 4.84. The smallest absolute Gasteiger partial charge is 0.225 e. The third kappa shape index (κ3) is 4.85. The van der Waals surface area contributed by atoms with Gasteiger partial charge in [-0.3, -0.25) is 4.79 Å². The maximum absolute atomic E-state index is 12.5. The molecule has 0 aliphatic heterocycles. The molecule has 166 valence electrons. The Kier molecular flexibility index (Phi) is 6.32. The van der Waals surface area contributed by atoms with Gasteiger partial charge in [0.15, 0.2) is 9.84 Å². The van der Waals surface area contributed by atoms with Crippen LogP contribution in [-0.4, -0.2) is 34.8 Å². The number of nitrogens with one attached hydrogen (secondary N) is 1. The molecule has 32 heavy (non-hydrogen) atoms. The molecule has 2 aromatic carbocycles. The van der Waals surface area contributed by atoms with E-state index in [-0.39, 0.29) is 29.4 Å². The first-order valence-corrected chi connectivity index (χ1v) is 12.8. The number of carbonyl (C=O) groups is 1. The zero-order valence-electron chi connectivity index (χ0n) is 17.5. The summed E-state index contributed by atoms with van der Waals surface area (Å²) in [5.74, 6) is 0.0893. The van der Waals surface area contributed by atoms with Crippen molar-refractivity contribution in [2.24, 2.45) is 0 Å². The Labute approximate surface area is 195 Å². The topological polar surface area (TPSA) is 94.0 Å². The monoisotopic (exact) mass is 488 g/mol. The molecule has 0 saturated heterocycles. The van der Waals surface area contributed by atoms with Gasteiger partial charge in [0, 0.05) is 12.5 Å². The number of hydrogen-bond acceptors (Lipinski definition) is 6. The number of anilines is 1. The standard InChI is InChI=1S/C22H21ClN4O3S2/c1-14-8-10-16(11-9-14)32(29,30)12-4-7-20(28)24-19-13-15(2)26-27(19)22-25-21-17(23)5-3-6-18(21)31-22/h3,5-6,8-11,13H,4,7,12H2,1-2H3,(H,24,28). The van der Waals surface area contributed by atoms with E-state index in [2.05, 4.69) is 15.4 Å². The number of thiazole rings is 1. The van der Waals surface area contributed by atoms with Crippen LogP contribution >= 0.6 is 22.9 Å². The van der Waals surface area contributed by atoms with Gasteiger partial charge in [0.05, 0.1) is 26.1 Å². The van der Waals surface area contributed by atoms with Crippen LogP contribution in [0.5, 0.6) is 0 Å². The van der Waals surface area contributed by atoms with E-state index in [0.29, 0.717) is 27.2 Å². The van der Waals surface area contributed by atoms with Crippen LogP contribution in [-0.2, 0) is 14.6 Å². The van der Waals surface area contributed by atoms with E-state index in [4.69, 9.17) is 11.6 Å². The molecule has 7 nitrogen and oxygen atoms in total. The Morgan fingerprint density at radius 1 is 1.16 bits per heavy atom. The Morgan fingerprint density at radius 3 is 2.62 bits per heavy atom. The first kappa shape index (κ1) is 22.4. The van der Waals surface area contributed by atoms with Crippen molar-refractivity contribution < 1.29 is 13.2 Å². The summed E-state index contributed by atoms with van der Waals surface area (Å²) in [4.78, 5) is 17.3. The lowest BCUT2D eigenvalue weighted by Crippen LogP contribution is -2.16. The van der Waals surface area contributed by atoms with Gasteiger partial charge in [-0.25, -0.2) is 13.4 Å². The zero-order chi connectivity index (χ0) is 22.9. The molecule has 1 N–H and O–H groups in total. The summed E-state index contributed by atoms with van der Waals surface area (Å²) in [6.07, 6.45) is 0.285. The summed E-state index contributed by atoms with van der Waals surface area (Å²) in [5.41, 5.74) is 2.39. The normalized spacial score (nSPS) is 11.7. The van der Waals surface area contributed by atoms with Gasteiger partial charge >= 0.3 is 0 Å². The largest absolute Gasteiger partial charge is 0.311 e. The lowest BCUT2D eigenvalue weighted by atomic mass is 10.2. The van der Waals surface area contributed by atoms with Crippen LogP contribution in [0.15, 0.2) is 53.4 Å². The second-order valence-corrected chi connectivity index (χ2v) is 11.0. The minimum Gasteiger partial charge on any atom is -0.311 e. The fraction of sp³-hybridized carbons (Fsp3) is 0.227. The van der Waals surface area contributed by atoms with Crippen molar-refractivity contribution >= 4 is 54.7 Å². The summed E-state index contributed by atoms with van der Waals surface area (Å²) in [7, 11) is -3.43. The van der Waals surface area contributed by atoms with Gasteiger partial charge in [-0.05, 0) is 44.5 Å². The number of hydrogen-bond donors (Lipinski definition) is 1. The Bertz CT molecular complexity index is 1390. The van der Waals surface area contributed by atoms with E-state index in [1.165, 1.54) is 11.3 Å². The summed E-state index contributed by atoms with van der Waals surface area (Å²) < 4.78 is 27.4. The molecule has 2 aromatic heterocycles. The van der Waals surface area contributed by atoms with E-state index < -0.39 is 9.84 Å². The third-order valence-corrected chi connectivity index (χ3v) is 7.95. The molecule has 0 aliphatic carbocycles. The Morgan fingerprint density at radius 2 is 1.91 bits per heavy atom. The van der Waals surface area contributed by atoms with E-state index in [1.54, 1.807) is 41.1 Å². The molecule has 1 amide bonds. The number of sulfone groups is 1. The number of halogens is 1. The highest BCUT2D eigenvalue weighted by Gasteiger charge is 2.17. The molecule has 0 spiro atoms. The van der Waals surface area contributed by atoms with E-state index in [9.17, 15) is 13.2 Å². The molecule has 0 unspecified atom stereocenters. The van der Waals surface area contributed by atoms with Gasteiger partial charge in [0.25, 0.3) is 0 Å². The maximum atomic E-state index is 12.5. The van der Waals surface area contributed by atoms with Crippen LogP contribution in [0.4, 0.5) is 5.82 Å². The van der Waals surface area contributed by atoms with Gasteiger partial charge in [-0.2, -0.15) is 9.78 Å². The van der Waals surface area contributed by atoms with Crippen molar-refractivity contribution in [3.05, 3.63) is 64.8 Å². The maximum Gasteiger partial charge on any atom is 0.225 e. The van der Waals surface area contributed by atoms with Crippen molar-refractivity contribution in [3.8, 4) is 5.13 Å². The summed E-state index contributed by atoms with van der Waals surface area (Å²) in [6, 6.07) is 14.0. The van der Waals surface area contributed by atoms with Crippen LogP contribution in [0.3, 0.4) is 0 Å². The Hall–Kier alpha value is -2.75. The first-order valence-electron chi connectivity index (χ1n) is 9.94. The molecule has 0 saturated carbocycles. The lowest BCUT2D eigenvalue weighted by molar-refractivity contribution is -0.116. The van der Waals surface area contributed by atoms with Crippen molar-refractivity contribution in [3.63, 3.8) is 0 Å². The number of aromatic nitrogens is 3. The first-order chi connectivity index (χ1) is 15.2. The highest BCUT2D eigenvalue weighted by molar-refractivity contribution is 7.91. The Balaban J connectivity index is 1.44. The van der Waals surface area contributed by atoms with Crippen molar-refractivity contribution in [2.75, 3.05) is 11.1 Å². The molecule has 0 bridgehead atoms. The number of carbonyl (C=O) groups excluding carboxylic acids is 1. The summed E-state index contributed by atoms with van der Waals surface area (Å²) in [5, 5.41) is 8.39. The average molecular weight is 489 g/mol. The number of para-hydroxylation sites is 1. The quantitative estimate of drug-likeness (QED) is 0.397. The fourth-order valence-electron chi connectivity index (χ4n) is 3.22. The van der Waals surface area contributed by atoms with Gasteiger partial charge in [0.1, 0.15) is 11.3 Å². The molecule has 0 aliphatic rings. The van der Waals surface area contributed by atoms with E-state index in [0.717, 1.165) is 10.3 Å². The number of rotatable bonds is 7. The van der Waals surface area contributed by atoms with Gasteiger partial charge in [0.2, 0.25) is 11.0 Å². The molecule has 2 heterocycles. The van der Waals surface area contributed by atoms with Crippen LogP contribution in [0.1, 0.15) is 24.1 Å². The molecule has 4 rings (SSSR count). The van der Waals surface area contributed by atoms with E-state index >= 15 is 0 Å². The highest BCUT2D eigenvalue weighted by atomic mass is 35.5. The van der Waals surface area contributed by atoms with Crippen molar-refractivity contribution in [2.45, 2.75) is 31.6 Å². The minimum atomic E-state index is -3.43. The predicted molar refractivity (Wildman–Crippen MR) is 128 cm³/mol. The predicted octanol–water partition coefficient (Wildman–Crippen LogP) is 4.94. The van der Waals surface area contributed by atoms with Crippen LogP contribution in [0, 0.1) is 13.8 Å². The van der Waals surface area contributed by atoms with Crippen LogP contribution in [0.2, 0.25) is 5.02 Å². The second-order valence-electron chi connectivity index (χ2n) is 7.45. The minimum absolute atomic E-state index is 0.0704. The lowest BCUT2D eigenvalue weighted by Gasteiger charge is -2.07. The molecule has 4 aromatic rings. The van der Waals surface area contributed by atoms with Crippen LogP contribution in [0.25, 0.3) is 15.3 Å². The molecule has 0 fully saturated rings. The number of amides is 1. The van der Waals surface area contributed by atoms with Gasteiger partial charge in [-0.15, -0.1) is 0 Å². The molecule has 10 heteroatoms. The van der Waals surface area contributed by atoms with Gasteiger partial charge in [-0.1, -0.05) is 46.7 Å². The SMILES string of the molecule is Cc1ccc(S(=O)(=O)CCCC(=O)Nc2cc(C)nn2-c2nc3c(Cl)cccc3s2)cc1. The number of fused-ring (bicyclic) bond motifs is 1. The summed E-state index contributed by atoms with van der Waals surface area (Å²) in [6.45, 7) is 3.72. The van der Waals surface area contributed by atoms with Gasteiger partial charge < -0.3 is 5.32 Å². The van der Waals surface area contributed by atoms with E-state index in [1.807, 2.05) is 26.0 Å². The van der Waals surface area contributed by atoms with Crippen LogP contribution < -0.4 is 5.32 Å². The number of nitrogens with zero attached hydrogens (tertiary/aromatic N) is 3.